The number of anilines is 1. The average molecular weight is 581 g/mol. The topological polar surface area (TPSA) is 93.8 Å². The molecular formula is C30H21BrN4O2S. The van der Waals surface area contributed by atoms with Crippen LogP contribution in [0.1, 0.15) is 5.56 Å². The second-order valence-corrected chi connectivity index (χ2v) is 12.2. The number of halogens is 1. The third kappa shape index (κ3) is 3.30. The third-order valence-corrected chi connectivity index (χ3v) is 9.25. The summed E-state index contributed by atoms with van der Waals surface area (Å²) in [5, 5.41) is 4.37. The van der Waals surface area contributed by atoms with E-state index in [-0.39, 0.29) is 4.90 Å². The number of aromatic amines is 1. The molecule has 0 fully saturated rings. The molecule has 3 N–H and O–H groups in total. The number of hydrogen-bond acceptors (Lipinski definition) is 4. The van der Waals surface area contributed by atoms with Crippen molar-refractivity contribution < 1.29 is 8.42 Å². The van der Waals surface area contributed by atoms with Crippen LogP contribution < -0.4 is 5.73 Å². The van der Waals surface area contributed by atoms with Gasteiger partial charge < -0.3 is 10.7 Å². The Morgan fingerprint density at radius 1 is 0.842 bits per heavy atom. The lowest BCUT2D eigenvalue weighted by molar-refractivity contribution is 0.589. The molecular weight excluding hydrogens is 560 g/mol. The summed E-state index contributed by atoms with van der Waals surface area (Å²) in [6.07, 6.45) is 1.82. The Morgan fingerprint density at radius 3 is 2.37 bits per heavy atom. The number of H-pyrrole nitrogens is 1. The highest BCUT2D eigenvalue weighted by Crippen LogP contribution is 2.41. The van der Waals surface area contributed by atoms with Crippen molar-refractivity contribution in [2.24, 2.45) is 0 Å². The molecule has 186 valence electrons. The zero-order valence-electron chi connectivity index (χ0n) is 20.2. The SMILES string of the molecule is Cc1ccc(S(=O)(=O)n2c(-c3c[nH]c4ccc(Br)cc34)nc3c4ccccc4c4ccc(N)cc4c32)cc1. The predicted octanol–water partition coefficient (Wildman–Crippen LogP) is 7.38. The minimum atomic E-state index is -4.06. The molecule has 0 atom stereocenters. The molecule has 8 heteroatoms. The quantitative estimate of drug-likeness (QED) is 0.168. The number of fused-ring (bicyclic) bond motifs is 7. The molecule has 0 aliphatic carbocycles. The Bertz CT molecular complexity index is 2180. The van der Waals surface area contributed by atoms with Gasteiger partial charge in [0.1, 0.15) is 0 Å². The van der Waals surface area contributed by atoms with Crippen LogP contribution in [0.4, 0.5) is 5.69 Å². The van der Waals surface area contributed by atoms with Crippen LogP contribution in [0, 0.1) is 6.92 Å². The van der Waals surface area contributed by atoms with Crippen molar-refractivity contribution in [3.05, 3.63) is 101 Å². The second kappa shape index (κ2) is 8.18. The average Bonchev–Trinajstić information content (AvgIpc) is 3.51. The van der Waals surface area contributed by atoms with Crippen molar-refractivity contribution in [3.8, 4) is 11.4 Å². The molecule has 5 aromatic carbocycles. The van der Waals surface area contributed by atoms with Crippen molar-refractivity contribution in [1.82, 2.24) is 13.9 Å². The van der Waals surface area contributed by atoms with Crippen LogP contribution in [0.2, 0.25) is 0 Å². The molecule has 38 heavy (non-hydrogen) atoms. The number of nitrogens with two attached hydrogens (primary N) is 1. The van der Waals surface area contributed by atoms with E-state index in [1.54, 1.807) is 24.3 Å². The fourth-order valence-electron chi connectivity index (χ4n) is 5.25. The van der Waals surface area contributed by atoms with Crippen LogP contribution in [-0.4, -0.2) is 22.4 Å². The normalized spacial score (nSPS) is 12.3. The van der Waals surface area contributed by atoms with Gasteiger partial charge in [0.15, 0.2) is 5.82 Å². The van der Waals surface area contributed by atoms with E-state index >= 15 is 0 Å². The summed E-state index contributed by atoms with van der Waals surface area (Å²) in [6, 6.07) is 26.3. The molecule has 6 nitrogen and oxygen atoms in total. The molecule has 0 spiro atoms. The number of aromatic nitrogens is 3. The van der Waals surface area contributed by atoms with Gasteiger partial charge in [0, 0.05) is 43.6 Å². The van der Waals surface area contributed by atoms with E-state index in [1.165, 1.54) is 3.97 Å². The van der Waals surface area contributed by atoms with Crippen molar-refractivity contribution in [3.63, 3.8) is 0 Å². The van der Waals surface area contributed by atoms with Gasteiger partial charge in [-0.25, -0.2) is 17.4 Å². The Balaban J connectivity index is 1.73. The van der Waals surface area contributed by atoms with E-state index in [9.17, 15) is 8.42 Å². The van der Waals surface area contributed by atoms with Crippen molar-refractivity contribution >= 4 is 75.1 Å². The van der Waals surface area contributed by atoms with Gasteiger partial charge in [0.05, 0.1) is 15.9 Å². The lowest BCUT2D eigenvalue weighted by atomic mass is 9.99. The van der Waals surface area contributed by atoms with Crippen LogP contribution in [0.25, 0.3) is 54.9 Å². The van der Waals surface area contributed by atoms with E-state index in [0.717, 1.165) is 42.5 Å². The first-order valence-electron chi connectivity index (χ1n) is 12.0. The molecule has 0 bridgehead atoms. The fourth-order valence-corrected chi connectivity index (χ4v) is 7.09. The lowest BCUT2D eigenvalue weighted by Gasteiger charge is -2.13. The Kier molecular flexibility index (Phi) is 4.95. The summed E-state index contributed by atoms with van der Waals surface area (Å²) in [5.74, 6) is 0.338. The maximum atomic E-state index is 14.5. The van der Waals surface area contributed by atoms with Gasteiger partial charge in [0.2, 0.25) is 0 Å². The van der Waals surface area contributed by atoms with Gasteiger partial charge in [-0.15, -0.1) is 0 Å². The molecule has 7 rings (SSSR count). The maximum absolute atomic E-state index is 14.5. The van der Waals surface area contributed by atoms with E-state index in [1.807, 2.05) is 73.8 Å². The van der Waals surface area contributed by atoms with Crippen LogP contribution in [0.5, 0.6) is 0 Å². The highest BCUT2D eigenvalue weighted by molar-refractivity contribution is 9.10. The zero-order valence-corrected chi connectivity index (χ0v) is 22.6. The van der Waals surface area contributed by atoms with Gasteiger partial charge in [-0.3, -0.25) is 0 Å². The Labute approximate surface area is 226 Å². The monoisotopic (exact) mass is 580 g/mol. The Morgan fingerprint density at radius 2 is 1.58 bits per heavy atom. The van der Waals surface area contributed by atoms with E-state index in [0.29, 0.717) is 28.1 Å². The lowest BCUT2D eigenvalue weighted by Crippen LogP contribution is -2.14. The molecule has 0 amide bonds. The number of rotatable bonds is 3. The summed E-state index contributed by atoms with van der Waals surface area (Å²) in [6.45, 7) is 1.93. The smallest absolute Gasteiger partial charge is 0.270 e. The summed E-state index contributed by atoms with van der Waals surface area (Å²) in [7, 11) is -4.06. The number of nitrogens with one attached hydrogen (secondary N) is 1. The number of aryl methyl sites for hydroxylation is 1. The van der Waals surface area contributed by atoms with Crippen LogP contribution in [0.15, 0.2) is 100 Å². The van der Waals surface area contributed by atoms with Gasteiger partial charge in [0.25, 0.3) is 10.0 Å². The fraction of sp³-hybridized carbons (Fsp3) is 0.0333. The molecule has 2 heterocycles. The van der Waals surface area contributed by atoms with Crippen LogP contribution >= 0.6 is 15.9 Å². The number of benzene rings is 5. The summed E-state index contributed by atoms with van der Waals surface area (Å²) < 4.78 is 31.2. The number of imidazole rings is 1. The predicted molar refractivity (Wildman–Crippen MR) is 158 cm³/mol. The van der Waals surface area contributed by atoms with Gasteiger partial charge >= 0.3 is 0 Å². The number of nitrogen functional groups attached to an aromatic ring is 1. The molecule has 0 aliphatic heterocycles. The van der Waals surface area contributed by atoms with Gasteiger partial charge in [-0.1, -0.05) is 64.0 Å². The number of nitrogens with zero attached hydrogens (tertiary/aromatic N) is 2. The highest BCUT2D eigenvalue weighted by Gasteiger charge is 2.29. The standard InChI is InChI=1S/C30H21BrN4O2S/c1-17-6-10-20(11-7-17)38(36,37)35-29-25-15-19(32)9-12-22(25)21-4-2-3-5-23(21)28(29)34-30(35)26-16-33-27-13-8-18(31)14-24(26)27/h2-16,33H,32H2,1H3. The van der Waals surface area contributed by atoms with Crippen molar-refractivity contribution in [1.29, 1.82) is 0 Å². The van der Waals surface area contributed by atoms with Crippen molar-refractivity contribution in [2.45, 2.75) is 11.8 Å². The summed E-state index contributed by atoms with van der Waals surface area (Å²) in [5.41, 5.74) is 10.5. The molecule has 0 saturated carbocycles. The molecule has 0 radical (unpaired) electrons. The zero-order chi connectivity index (χ0) is 26.2. The highest BCUT2D eigenvalue weighted by atomic mass is 79.9. The van der Waals surface area contributed by atoms with Gasteiger partial charge in [-0.2, -0.15) is 0 Å². The maximum Gasteiger partial charge on any atom is 0.270 e. The molecule has 0 aliphatic rings. The Hall–Kier alpha value is -4.14. The minimum Gasteiger partial charge on any atom is -0.399 e. The summed E-state index contributed by atoms with van der Waals surface area (Å²) >= 11 is 3.56. The number of hydrogen-bond donors (Lipinski definition) is 2. The molecule has 0 unspecified atom stereocenters. The van der Waals surface area contributed by atoms with E-state index in [2.05, 4.69) is 20.9 Å². The van der Waals surface area contributed by atoms with Crippen LogP contribution in [0.3, 0.4) is 0 Å². The first-order chi connectivity index (χ1) is 18.3. The molecule has 0 saturated heterocycles. The van der Waals surface area contributed by atoms with E-state index in [4.69, 9.17) is 10.7 Å². The largest absolute Gasteiger partial charge is 0.399 e. The summed E-state index contributed by atoms with van der Waals surface area (Å²) in [4.78, 5) is 8.53. The van der Waals surface area contributed by atoms with Crippen LogP contribution in [-0.2, 0) is 10.0 Å². The third-order valence-electron chi connectivity index (χ3n) is 7.05. The van der Waals surface area contributed by atoms with Gasteiger partial charge in [-0.05, 0) is 60.2 Å². The second-order valence-electron chi connectivity index (χ2n) is 9.46. The van der Waals surface area contributed by atoms with E-state index < -0.39 is 10.0 Å². The first-order valence-corrected chi connectivity index (χ1v) is 14.3. The van der Waals surface area contributed by atoms with Crippen molar-refractivity contribution in [2.75, 3.05) is 5.73 Å². The molecule has 2 aromatic heterocycles. The first kappa shape index (κ1) is 23.0. The molecule has 7 aromatic rings. The minimum absolute atomic E-state index is 0.190.